The van der Waals surface area contributed by atoms with Gasteiger partial charge in [0.05, 0.1) is 32.5 Å². The first-order valence-corrected chi connectivity index (χ1v) is 23.7. The van der Waals surface area contributed by atoms with Crippen LogP contribution in [0.25, 0.3) is 140 Å². The van der Waals surface area contributed by atoms with Crippen LogP contribution in [-0.4, -0.2) is 9.13 Å². The number of thiophene rings is 2. The lowest BCUT2D eigenvalue weighted by Crippen LogP contribution is -1.97. The van der Waals surface area contributed by atoms with E-state index in [1.807, 2.05) is 22.7 Å². The van der Waals surface area contributed by atoms with Crippen molar-refractivity contribution in [1.29, 1.82) is 0 Å². The molecule has 10 aromatic carbocycles. The van der Waals surface area contributed by atoms with Crippen molar-refractivity contribution in [1.82, 2.24) is 9.13 Å². The fourth-order valence-electron chi connectivity index (χ4n) is 11.0. The summed E-state index contributed by atoms with van der Waals surface area (Å²) in [5, 5.41) is 12.3. The highest BCUT2D eigenvalue weighted by Gasteiger charge is 2.26. The van der Waals surface area contributed by atoms with E-state index in [0.29, 0.717) is 0 Å². The van der Waals surface area contributed by atoms with Gasteiger partial charge in [0.1, 0.15) is 5.58 Å². The van der Waals surface area contributed by atoms with Crippen molar-refractivity contribution in [2.45, 2.75) is 0 Å². The average Bonchev–Trinajstić information content (AvgIpc) is 4.18. The predicted octanol–water partition coefficient (Wildman–Crippen LogP) is 17.9. The Bertz CT molecular complexity index is 4480. The van der Waals surface area contributed by atoms with E-state index in [-0.39, 0.29) is 0 Å². The van der Waals surface area contributed by atoms with Crippen LogP contribution in [0.5, 0.6) is 0 Å². The Balaban J connectivity index is 0.996. The van der Waals surface area contributed by atoms with E-state index >= 15 is 0 Å². The number of hydrogen-bond donors (Lipinski definition) is 0. The predicted molar refractivity (Wildman–Crippen MR) is 279 cm³/mol. The Morgan fingerprint density at radius 2 is 0.954 bits per heavy atom. The van der Waals surface area contributed by atoms with Gasteiger partial charge in [0, 0.05) is 84.8 Å². The minimum Gasteiger partial charge on any atom is -0.455 e. The summed E-state index contributed by atoms with van der Waals surface area (Å²) in [6.45, 7) is 0. The van der Waals surface area contributed by atoms with Gasteiger partial charge in [-0.05, 0) is 77.9 Å². The molecule has 0 spiro atoms. The second-order valence-corrected chi connectivity index (χ2v) is 19.2. The van der Waals surface area contributed by atoms with E-state index in [9.17, 15) is 0 Å². The van der Waals surface area contributed by atoms with Gasteiger partial charge in [0.25, 0.3) is 0 Å². The number of para-hydroxylation sites is 4. The summed E-state index contributed by atoms with van der Waals surface area (Å²) >= 11 is 3.71. The zero-order valence-corrected chi connectivity index (χ0v) is 36.4. The first-order valence-electron chi connectivity index (χ1n) is 22.1. The number of furan rings is 1. The van der Waals surface area contributed by atoms with E-state index < -0.39 is 0 Å². The number of nitrogens with zero attached hydrogens (tertiary/aromatic N) is 2. The van der Waals surface area contributed by atoms with Crippen molar-refractivity contribution in [2.75, 3.05) is 0 Å². The molecule has 0 fully saturated rings. The topological polar surface area (TPSA) is 23.0 Å². The molecule has 0 bridgehead atoms. The number of rotatable bonds is 4. The molecule has 0 saturated heterocycles. The van der Waals surface area contributed by atoms with Gasteiger partial charge in [-0.1, -0.05) is 140 Å². The average molecular weight is 863 g/mol. The quantitative estimate of drug-likeness (QED) is 0.173. The maximum atomic E-state index is 6.88. The van der Waals surface area contributed by atoms with Gasteiger partial charge < -0.3 is 13.6 Å². The third-order valence-corrected chi connectivity index (χ3v) is 16.1. The number of fused-ring (bicyclic) bond motifs is 18. The van der Waals surface area contributed by atoms with Gasteiger partial charge in [-0.3, -0.25) is 0 Å². The molecule has 0 saturated carbocycles. The van der Waals surface area contributed by atoms with Crippen LogP contribution in [-0.2, 0) is 0 Å². The van der Waals surface area contributed by atoms with Gasteiger partial charge in [-0.2, -0.15) is 0 Å². The molecule has 5 aromatic heterocycles. The second kappa shape index (κ2) is 13.3. The van der Waals surface area contributed by atoms with Gasteiger partial charge in [0.2, 0.25) is 0 Å². The summed E-state index contributed by atoms with van der Waals surface area (Å²) < 4.78 is 16.9. The molecule has 0 N–H and O–H groups in total. The summed E-state index contributed by atoms with van der Waals surface area (Å²) in [6, 6.07) is 75.7. The number of benzene rings is 10. The molecule has 0 aliphatic rings. The lowest BCUT2D eigenvalue weighted by molar-refractivity contribution is 0.673. The minimum absolute atomic E-state index is 0.912. The maximum absolute atomic E-state index is 6.88. The molecule has 0 aliphatic carbocycles. The first kappa shape index (κ1) is 35.5. The van der Waals surface area contributed by atoms with Crippen molar-refractivity contribution in [2.24, 2.45) is 0 Å². The zero-order chi connectivity index (χ0) is 42.3. The van der Waals surface area contributed by atoms with Crippen LogP contribution >= 0.6 is 22.7 Å². The normalized spacial score (nSPS) is 12.3. The van der Waals surface area contributed by atoms with Crippen LogP contribution in [0.2, 0.25) is 0 Å². The highest BCUT2D eigenvalue weighted by atomic mass is 32.1. The Morgan fingerprint density at radius 3 is 1.80 bits per heavy atom. The molecular weight excluding hydrogens is 829 g/mol. The SMILES string of the molecule is c1ccc(-n2c3ccc(-c4ccc5c(c4)c4ccccc4n5-c4ccccc4-c4cccc5c4sc4ccccc45)cc3c3c4c5ccccc5oc4c4sc5ccccc5c4c32)cc1. The van der Waals surface area contributed by atoms with Gasteiger partial charge in [-0.15, -0.1) is 22.7 Å². The monoisotopic (exact) mass is 862 g/mol. The highest BCUT2D eigenvalue weighted by molar-refractivity contribution is 7.27. The Hall–Kier alpha value is -7.96. The zero-order valence-electron chi connectivity index (χ0n) is 34.7. The summed E-state index contributed by atoms with van der Waals surface area (Å²) in [7, 11) is 0. The molecule has 0 unspecified atom stereocenters. The third-order valence-electron chi connectivity index (χ3n) is 13.7. The van der Waals surface area contributed by atoms with E-state index in [2.05, 4.69) is 215 Å². The van der Waals surface area contributed by atoms with Crippen LogP contribution in [0.15, 0.2) is 211 Å². The molecule has 0 radical (unpaired) electrons. The van der Waals surface area contributed by atoms with Gasteiger partial charge in [0.15, 0.2) is 5.58 Å². The molecule has 15 rings (SSSR count). The van der Waals surface area contributed by atoms with Crippen LogP contribution < -0.4 is 0 Å². The van der Waals surface area contributed by atoms with Gasteiger partial charge in [-0.25, -0.2) is 0 Å². The van der Waals surface area contributed by atoms with Crippen molar-refractivity contribution >= 4 is 129 Å². The summed E-state index contributed by atoms with van der Waals surface area (Å²) in [6.07, 6.45) is 0. The molecule has 302 valence electrons. The van der Waals surface area contributed by atoms with Crippen molar-refractivity contribution in [3.8, 4) is 33.6 Å². The molecule has 5 heteroatoms. The number of hydrogen-bond acceptors (Lipinski definition) is 3. The Morgan fingerprint density at radius 1 is 0.354 bits per heavy atom. The summed E-state index contributed by atoms with van der Waals surface area (Å²) in [4.78, 5) is 0. The second-order valence-electron chi connectivity index (χ2n) is 17.1. The Labute approximate surface area is 379 Å². The first-order chi connectivity index (χ1) is 32.3. The highest BCUT2D eigenvalue weighted by Crippen LogP contribution is 2.51. The smallest absolute Gasteiger partial charge is 0.154 e. The molecule has 3 nitrogen and oxygen atoms in total. The third kappa shape index (κ3) is 4.88. The van der Waals surface area contributed by atoms with Crippen molar-refractivity contribution in [3.63, 3.8) is 0 Å². The molecule has 0 atom stereocenters. The number of aromatic nitrogens is 2. The van der Waals surface area contributed by atoms with Crippen molar-refractivity contribution in [3.05, 3.63) is 206 Å². The van der Waals surface area contributed by atoms with Crippen LogP contribution in [0, 0.1) is 0 Å². The minimum atomic E-state index is 0.912. The molecule has 15 aromatic rings. The van der Waals surface area contributed by atoms with Crippen LogP contribution in [0.4, 0.5) is 0 Å². The molecule has 0 aliphatic heterocycles. The molecular formula is C60H34N2OS2. The molecule has 65 heavy (non-hydrogen) atoms. The summed E-state index contributed by atoms with van der Waals surface area (Å²) in [5.74, 6) is 0. The standard InChI is InChI=1S/C60H34N2OS2/c1-2-15-37(16-3-1)61-50-32-30-36(34-46(50)54-55-43-20-6-11-26-51(43)63-58(55)60-56(57(54)61)44-21-8-13-28-53(44)65-60)35-29-31-49-45(33-35)39-18-5-10-25-48(39)62(49)47-24-9-4-17-38(47)41-22-14-23-42-40-19-7-12-27-52(40)64-59(41)42/h1-34H. The largest absolute Gasteiger partial charge is 0.455 e. The van der Waals surface area contributed by atoms with Crippen LogP contribution in [0.3, 0.4) is 0 Å². The van der Waals surface area contributed by atoms with E-state index in [0.717, 1.165) is 22.2 Å². The Kier molecular flexibility index (Phi) is 7.26. The maximum Gasteiger partial charge on any atom is 0.154 e. The molecule has 0 amide bonds. The summed E-state index contributed by atoms with van der Waals surface area (Å²) in [5.41, 5.74) is 13.8. The van der Waals surface area contributed by atoms with E-state index in [1.165, 1.54) is 117 Å². The lowest BCUT2D eigenvalue weighted by Gasteiger charge is -2.15. The van der Waals surface area contributed by atoms with E-state index in [4.69, 9.17) is 4.42 Å². The van der Waals surface area contributed by atoms with E-state index in [1.54, 1.807) is 0 Å². The van der Waals surface area contributed by atoms with Crippen LogP contribution in [0.1, 0.15) is 0 Å². The fourth-order valence-corrected chi connectivity index (χ4v) is 13.4. The van der Waals surface area contributed by atoms with Crippen molar-refractivity contribution < 1.29 is 4.42 Å². The fraction of sp³-hybridized carbons (Fsp3) is 0. The lowest BCUT2D eigenvalue weighted by atomic mass is 9.98. The molecule has 5 heterocycles. The van der Waals surface area contributed by atoms with Gasteiger partial charge >= 0.3 is 0 Å².